The number of likely N-dealkylation sites (tertiary alicyclic amines) is 1. The summed E-state index contributed by atoms with van der Waals surface area (Å²) in [5.74, 6) is 1.48. The van der Waals surface area contributed by atoms with Crippen LogP contribution < -0.4 is 5.73 Å². The van der Waals surface area contributed by atoms with Gasteiger partial charge in [-0.2, -0.15) is 0 Å². The van der Waals surface area contributed by atoms with E-state index in [1.54, 1.807) is 0 Å². The number of hydrogen-bond acceptors (Lipinski definition) is 2. The number of aliphatic imine (C=N–C) groups is 1. The van der Waals surface area contributed by atoms with Crippen molar-refractivity contribution >= 4 is 5.84 Å². The number of piperidine rings is 1. The molecule has 3 nitrogen and oxygen atoms in total. The van der Waals surface area contributed by atoms with Gasteiger partial charge in [0.25, 0.3) is 0 Å². The van der Waals surface area contributed by atoms with Gasteiger partial charge < -0.3 is 10.6 Å². The van der Waals surface area contributed by atoms with Gasteiger partial charge >= 0.3 is 0 Å². The molecule has 0 aromatic carbocycles. The van der Waals surface area contributed by atoms with Crippen molar-refractivity contribution < 1.29 is 0 Å². The van der Waals surface area contributed by atoms with Crippen molar-refractivity contribution in [2.24, 2.45) is 16.6 Å². The first-order valence-electron chi connectivity index (χ1n) is 4.63. The quantitative estimate of drug-likeness (QED) is 0.488. The molecule has 1 aliphatic rings. The monoisotopic (exact) mass is 169 g/mol. The number of nitrogens with zero attached hydrogens (tertiary/aromatic N) is 2. The van der Waals surface area contributed by atoms with Gasteiger partial charge in [0.15, 0.2) is 0 Å². The van der Waals surface area contributed by atoms with Gasteiger partial charge in [0.1, 0.15) is 0 Å². The van der Waals surface area contributed by atoms with Crippen LogP contribution in [0.25, 0.3) is 0 Å². The molecule has 0 radical (unpaired) electrons. The molecule has 0 bridgehead atoms. The van der Waals surface area contributed by atoms with E-state index in [4.69, 9.17) is 5.73 Å². The molecule has 3 heteroatoms. The molecule has 0 spiro atoms. The zero-order chi connectivity index (χ0) is 8.97. The Morgan fingerprint density at radius 2 is 2.08 bits per heavy atom. The first-order valence-corrected chi connectivity index (χ1v) is 4.63. The summed E-state index contributed by atoms with van der Waals surface area (Å²) in [4.78, 5) is 6.62. The van der Waals surface area contributed by atoms with Crippen LogP contribution in [0.4, 0.5) is 0 Å². The summed E-state index contributed by atoms with van der Waals surface area (Å²) < 4.78 is 0. The van der Waals surface area contributed by atoms with Gasteiger partial charge in [-0.05, 0) is 45.8 Å². The fourth-order valence-electron chi connectivity index (χ4n) is 1.52. The maximum atomic E-state index is 5.48. The molecule has 12 heavy (non-hydrogen) atoms. The molecule has 1 aliphatic heterocycles. The Labute approximate surface area is 74.6 Å². The van der Waals surface area contributed by atoms with Crippen molar-refractivity contribution in [3.63, 3.8) is 0 Å². The summed E-state index contributed by atoms with van der Waals surface area (Å²) >= 11 is 0. The maximum Gasteiger partial charge on any atom is 0.0905 e. The number of nitrogens with two attached hydrogens (primary N) is 1. The Hall–Kier alpha value is -0.570. The lowest BCUT2D eigenvalue weighted by Gasteiger charge is -2.27. The van der Waals surface area contributed by atoms with Gasteiger partial charge in [-0.3, -0.25) is 4.99 Å². The molecule has 0 aromatic heterocycles. The predicted octanol–water partition coefficient (Wildman–Crippen LogP) is 0.705. The lowest BCUT2D eigenvalue weighted by molar-refractivity contribution is 0.224. The normalized spacial score (nSPS) is 23.0. The molecule has 1 heterocycles. The van der Waals surface area contributed by atoms with Crippen LogP contribution in [0.15, 0.2) is 4.99 Å². The second kappa shape index (κ2) is 4.45. The third kappa shape index (κ3) is 3.22. The van der Waals surface area contributed by atoms with Gasteiger partial charge in [-0.1, -0.05) is 0 Å². The van der Waals surface area contributed by atoms with Crippen molar-refractivity contribution in [1.82, 2.24) is 4.90 Å². The van der Waals surface area contributed by atoms with Crippen molar-refractivity contribution in [1.29, 1.82) is 0 Å². The maximum absolute atomic E-state index is 5.48. The Bertz CT molecular complexity index is 153. The molecule has 0 saturated carbocycles. The predicted molar refractivity (Wildman–Crippen MR) is 52.4 cm³/mol. The van der Waals surface area contributed by atoms with E-state index < -0.39 is 0 Å². The van der Waals surface area contributed by atoms with E-state index in [1.165, 1.54) is 25.9 Å². The Morgan fingerprint density at radius 1 is 1.50 bits per heavy atom. The van der Waals surface area contributed by atoms with E-state index in [0.717, 1.165) is 12.5 Å². The topological polar surface area (TPSA) is 41.6 Å². The van der Waals surface area contributed by atoms with Crippen molar-refractivity contribution in [3.8, 4) is 0 Å². The summed E-state index contributed by atoms with van der Waals surface area (Å²) in [5.41, 5.74) is 5.48. The van der Waals surface area contributed by atoms with Crippen molar-refractivity contribution in [2.75, 3.05) is 26.7 Å². The molecule has 1 fully saturated rings. The lowest BCUT2D eigenvalue weighted by atomic mass is 9.97. The molecule has 0 amide bonds. The molecule has 0 unspecified atom stereocenters. The van der Waals surface area contributed by atoms with E-state index in [2.05, 4.69) is 16.9 Å². The smallest absolute Gasteiger partial charge is 0.0905 e. The van der Waals surface area contributed by atoms with Crippen LogP contribution in [0.2, 0.25) is 0 Å². The first-order chi connectivity index (χ1) is 5.68. The van der Waals surface area contributed by atoms with Gasteiger partial charge in [-0.15, -0.1) is 0 Å². The lowest BCUT2D eigenvalue weighted by Crippen LogP contribution is -2.31. The SMILES string of the molecule is CC(N)=NCC1CCN(C)CC1. The van der Waals surface area contributed by atoms with Gasteiger partial charge in [0.05, 0.1) is 5.84 Å². The summed E-state index contributed by atoms with van der Waals surface area (Å²) in [7, 11) is 2.17. The van der Waals surface area contributed by atoms with E-state index >= 15 is 0 Å². The summed E-state index contributed by atoms with van der Waals surface area (Å²) in [6.07, 6.45) is 2.54. The number of amidine groups is 1. The van der Waals surface area contributed by atoms with Gasteiger partial charge in [0, 0.05) is 6.54 Å². The van der Waals surface area contributed by atoms with Crippen molar-refractivity contribution in [2.45, 2.75) is 19.8 Å². The summed E-state index contributed by atoms with van der Waals surface area (Å²) in [6, 6.07) is 0. The molecular formula is C9H19N3. The molecule has 2 N–H and O–H groups in total. The van der Waals surface area contributed by atoms with E-state index in [-0.39, 0.29) is 0 Å². The Morgan fingerprint density at radius 3 is 2.58 bits per heavy atom. The summed E-state index contributed by atoms with van der Waals surface area (Å²) in [5, 5.41) is 0. The average Bonchev–Trinajstić information content (AvgIpc) is 2.03. The van der Waals surface area contributed by atoms with Gasteiger partial charge in [0.2, 0.25) is 0 Å². The Balaban J connectivity index is 2.22. The van der Waals surface area contributed by atoms with Crippen LogP contribution in [0, 0.1) is 5.92 Å². The van der Waals surface area contributed by atoms with E-state index in [1.807, 2.05) is 6.92 Å². The van der Waals surface area contributed by atoms with E-state index in [0.29, 0.717) is 5.84 Å². The highest BCUT2D eigenvalue weighted by Crippen LogP contribution is 2.15. The van der Waals surface area contributed by atoms with Crippen LogP contribution in [0.3, 0.4) is 0 Å². The standard InChI is InChI=1S/C9H19N3/c1-8(10)11-7-9-3-5-12(2)6-4-9/h9H,3-7H2,1-2H3,(H2,10,11). The van der Waals surface area contributed by atoms with Crippen LogP contribution >= 0.6 is 0 Å². The third-order valence-corrected chi connectivity index (χ3v) is 2.44. The second-order valence-corrected chi connectivity index (χ2v) is 3.73. The fourth-order valence-corrected chi connectivity index (χ4v) is 1.52. The third-order valence-electron chi connectivity index (χ3n) is 2.44. The van der Waals surface area contributed by atoms with Crippen LogP contribution in [-0.2, 0) is 0 Å². The highest BCUT2D eigenvalue weighted by molar-refractivity contribution is 5.77. The highest BCUT2D eigenvalue weighted by atomic mass is 15.1. The largest absolute Gasteiger partial charge is 0.388 e. The first kappa shape index (κ1) is 9.52. The van der Waals surface area contributed by atoms with E-state index in [9.17, 15) is 0 Å². The average molecular weight is 169 g/mol. The molecule has 70 valence electrons. The molecule has 0 atom stereocenters. The Kier molecular flexibility index (Phi) is 3.53. The molecule has 1 rings (SSSR count). The second-order valence-electron chi connectivity index (χ2n) is 3.73. The molecule has 0 aliphatic carbocycles. The van der Waals surface area contributed by atoms with Crippen LogP contribution in [0.1, 0.15) is 19.8 Å². The highest BCUT2D eigenvalue weighted by Gasteiger charge is 2.15. The minimum atomic E-state index is 0.717. The van der Waals surface area contributed by atoms with Crippen molar-refractivity contribution in [3.05, 3.63) is 0 Å². The zero-order valence-electron chi connectivity index (χ0n) is 8.08. The number of hydrogen-bond donors (Lipinski definition) is 1. The summed E-state index contributed by atoms with van der Waals surface area (Å²) in [6.45, 7) is 5.21. The fraction of sp³-hybridized carbons (Fsp3) is 0.889. The molecule has 1 saturated heterocycles. The van der Waals surface area contributed by atoms with Crippen LogP contribution in [0.5, 0.6) is 0 Å². The van der Waals surface area contributed by atoms with Gasteiger partial charge in [-0.25, -0.2) is 0 Å². The minimum Gasteiger partial charge on any atom is -0.388 e. The van der Waals surface area contributed by atoms with Crippen LogP contribution in [-0.4, -0.2) is 37.4 Å². The minimum absolute atomic E-state index is 0.717. The molecular weight excluding hydrogens is 150 g/mol. The zero-order valence-corrected chi connectivity index (χ0v) is 8.08. The number of rotatable bonds is 2. The molecule has 0 aromatic rings.